The highest BCUT2D eigenvalue weighted by molar-refractivity contribution is 14.0. The van der Waals surface area contributed by atoms with E-state index in [2.05, 4.69) is 63.3 Å². The van der Waals surface area contributed by atoms with Gasteiger partial charge in [0, 0.05) is 38.4 Å². The van der Waals surface area contributed by atoms with Gasteiger partial charge in [0.05, 0.1) is 12.1 Å². The number of aliphatic hydroxyl groups is 1. The third-order valence-corrected chi connectivity index (χ3v) is 4.94. The number of nitrogens with zero attached hydrogens (tertiary/aromatic N) is 3. The summed E-state index contributed by atoms with van der Waals surface area (Å²) in [5.74, 6) is 1.80. The quantitative estimate of drug-likeness (QED) is 0.222. The second-order valence-corrected chi connectivity index (χ2v) is 7.55. The zero-order chi connectivity index (χ0) is 21.0. The first-order chi connectivity index (χ1) is 14.1. The lowest BCUT2D eigenvalue weighted by Crippen LogP contribution is -2.41. The summed E-state index contributed by atoms with van der Waals surface area (Å²) in [6.07, 6.45) is 8.16. The Hall–Kier alpha value is -1.61. The lowest BCUT2D eigenvalue weighted by atomic mass is 9.93. The molecular weight excluding hydrogens is 489 g/mol. The molecule has 7 heteroatoms. The van der Waals surface area contributed by atoms with E-state index in [0.717, 1.165) is 63.5 Å². The van der Waals surface area contributed by atoms with Crippen LogP contribution < -0.4 is 10.6 Å². The molecule has 0 saturated heterocycles. The van der Waals surface area contributed by atoms with Crippen molar-refractivity contribution in [2.75, 3.05) is 19.6 Å². The van der Waals surface area contributed by atoms with Crippen LogP contribution in [0.3, 0.4) is 0 Å². The number of benzene rings is 1. The van der Waals surface area contributed by atoms with Crippen molar-refractivity contribution in [3.63, 3.8) is 0 Å². The Balaban J connectivity index is 0.00000450. The van der Waals surface area contributed by atoms with Crippen molar-refractivity contribution in [2.24, 2.45) is 4.99 Å². The van der Waals surface area contributed by atoms with E-state index in [0.29, 0.717) is 6.54 Å². The molecular formula is C23H38IN5O. The van der Waals surface area contributed by atoms with Gasteiger partial charge in [-0.2, -0.15) is 0 Å². The van der Waals surface area contributed by atoms with Crippen LogP contribution in [0.2, 0.25) is 0 Å². The average molecular weight is 527 g/mol. The molecule has 2 aromatic rings. The van der Waals surface area contributed by atoms with Crippen molar-refractivity contribution in [1.82, 2.24) is 20.2 Å². The number of aliphatic imine (C=N–C) groups is 1. The molecule has 3 N–H and O–H groups in total. The maximum Gasteiger partial charge on any atom is 0.191 e. The largest absolute Gasteiger partial charge is 0.388 e. The van der Waals surface area contributed by atoms with Gasteiger partial charge in [-0.25, -0.2) is 4.98 Å². The summed E-state index contributed by atoms with van der Waals surface area (Å²) in [6, 6.07) is 10.4. The van der Waals surface area contributed by atoms with Crippen LogP contribution in [0.4, 0.5) is 0 Å². The van der Waals surface area contributed by atoms with Crippen LogP contribution in [-0.4, -0.2) is 45.9 Å². The van der Waals surface area contributed by atoms with Crippen LogP contribution in [0, 0.1) is 0 Å². The van der Waals surface area contributed by atoms with Crippen molar-refractivity contribution in [1.29, 1.82) is 0 Å². The first-order valence-corrected chi connectivity index (χ1v) is 10.9. The first-order valence-electron chi connectivity index (χ1n) is 10.9. The van der Waals surface area contributed by atoms with Crippen LogP contribution in [0.5, 0.6) is 0 Å². The Morgan fingerprint density at radius 3 is 2.43 bits per heavy atom. The molecule has 0 saturated carbocycles. The van der Waals surface area contributed by atoms with Gasteiger partial charge in [0.25, 0.3) is 0 Å². The van der Waals surface area contributed by atoms with E-state index in [9.17, 15) is 5.11 Å². The summed E-state index contributed by atoms with van der Waals surface area (Å²) >= 11 is 0. The molecule has 6 nitrogen and oxygen atoms in total. The Labute approximate surface area is 198 Å². The lowest BCUT2D eigenvalue weighted by molar-refractivity contribution is 0.0306. The van der Waals surface area contributed by atoms with Crippen LogP contribution in [0.25, 0.3) is 0 Å². The van der Waals surface area contributed by atoms with Crippen molar-refractivity contribution >= 4 is 29.9 Å². The minimum Gasteiger partial charge on any atom is -0.388 e. The van der Waals surface area contributed by atoms with E-state index in [4.69, 9.17) is 0 Å². The summed E-state index contributed by atoms with van der Waals surface area (Å²) in [4.78, 5) is 9.16. The van der Waals surface area contributed by atoms with E-state index in [1.165, 1.54) is 5.56 Å². The molecule has 1 aromatic carbocycles. The Morgan fingerprint density at radius 2 is 1.80 bits per heavy atom. The zero-order valence-electron chi connectivity index (χ0n) is 18.6. The maximum absolute atomic E-state index is 10.8. The average Bonchev–Trinajstić information content (AvgIpc) is 3.14. The Morgan fingerprint density at radius 1 is 1.10 bits per heavy atom. The lowest BCUT2D eigenvalue weighted by Gasteiger charge is -2.26. The molecule has 0 bridgehead atoms. The van der Waals surface area contributed by atoms with Crippen molar-refractivity contribution in [3.05, 3.63) is 54.1 Å². The molecule has 0 spiro atoms. The molecule has 0 amide bonds. The molecule has 0 unspecified atom stereocenters. The molecule has 0 atom stereocenters. The number of aromatic nitrogens is 2. The number of nitrogens with one attached hydrogen (secondary N) is 2. The summed E-state index contributed by atoms with van der Waals surface area (Å²) in [6.45, 7) is 9.02. The highest BCUT2D eigenvalue weighted by atomic mass is 127. The number of guanidine groups is 1. The van der Waals surface area contributed by atoms with E-state index < -0.39 is 5.60 Å². The van der Waals surface area contributed by atoms with Gasteiger partial charge in [0.15, 0.2) is 5.96 Å². The van der Waals surface area contributed by atoms with Crippen molar-refractivity contribution < 1.29 is 5.11 Å². The van der Waals surface area contributed by atoms with Gasteiger partial charge >= 0.3 is 0 Å². The van der Waals surface area contributed by atoms with Gasteiger partial charge in [-0.15, -0.1) is 24.0 Å². The fourth-order valence-electron chi connectivity index (χ4n) is 3.57. The van der Waals surface area contributed by atoms with Crippen LogP contribution in [0.15, 0.2) is 47.7 Å². The summed E-state index contributed by atoms with van der Waals surface area (Å²) < 4.78 is 2.18. The summed E-state index contributed by atoms with van der Waals surface area (Å²) in [7, 11) is 0. The van der Waals surface area contributed by atoms with Crippen LogP contribution in [-0.2, 0) is 13.0 Å². The second kappa shape index (κ2) is 14.4. The molecule has 0 aliphatic rings. The molecule has 0 aliphatic carbocycles. The van der Waals surface area contributed by atoms with Crippen LogP contribution in [0.1, 0.15) is 57.8 Å². The minimum absolute atomic E-state index is 0. The van der Waals surface area contributed by atoms with E-state index in [-0.39, 0.29) is 24.0 Å². The second-order valence-electron chi connectivity index (χ2n) is 7.55. The van der Waals surface area contributed by atoms with Gasteiger partial charge < -0.3 is 20.3 Å². The zero-order valence-corrected chi connectivity index (χ0v) is 20.9. The minimum atomic E-state index is -0.711. The van der Waals surface area contributed by atoms with Crippen molar-refractivity contribution in [3.8, 4) is 0 Å². The molecule has 30 heavy (non-hydrogen) atoms. The number of imidazole rings is 1. The smallest absolute Gasteiger partial charge is 0.191 e. The highest BCUT2D eigenvalue weighted by Crippen LogP contribution is 2.19. The van der Waals surface area contributed by atoms with Gasteiger partial charge in [0.2, 0.25) is 0 Å². The summed E-state index contributed by atoms with van der Waals surface area (Å²) in [5, 5.41) is 17.5. The number of halogens is 1. The van der Waals surface area contributed by atoms with Gasteiger partial charge in [-0.05, 0) is 25.3 Å². The monoisotopic (exact) mass is 527 g/mol. The molecule has 2 rings (SSSR count). The molecule has 0 fully saturated rings. The molecule has 0 radical (unpaired) electrons. The topological polar surface area (TPSA) is 74.5 Å². The highest BCUT2D eigenvalue weighted by Gasteiger charge is 2.24. The third kappa shape index (κ3) is 9.04. The predicted octanol–water partition coefficient (Wildman–Crippen LogP) is 3.98. The van der Waals surface area contributed by atoms with Crippen molar-refractivity contribution in [2.45, 2.75) is 65.0 Å². The number of hydrogen-bond donors (Lipinski definition) is 3. The Bertz CT molecular complexity index is 726. The van der Waals surface area contributed by atoms with Gasteiger partial charge in [0.1, 0.15) is 5.82 Å². The standard InChI is InChI=1S/C23H37N5O.HI/c1-4-13-23(29,14-5-2)19-27-22(24-6-3)26-15-12-21-25-16-17-28(21)18-20-10-8-7-9-11-20;/h7-11,16-17,29H,4-6,12-15,18-19H2,1-3H3,(H2,24,26,27);1H. The third-order valence-electron chi connectivity index (χ3n) is 4.94. The molecule has 168 valence electrons. The van der Waals surface area contributed by atoms with E-state index in [1.807, 2.05) is 25.4 Å². The Kier molecular flexibility index (Phi) is 12.7. The first kappa shape index (κ1) is 26.4. The van der Waals surface area contributed by atoms with Gasteiger partial charge in [-0.1, -0.05) is 57.0 Å². The maximum atomic E-state index is 10.8. The van der Waals surface area contributed by atoms with E-state index >= 15 is 0 Å². The fourth-order valence-corrected chi connectivity index (χ4v) is 3.57. The summed E-state index contributed by atoms with van der Waals surface area (Å²) in [5.41, 5.74) is 0.554. The van der Waals surface area contributed by atoms with E-state index in [1.54, 1.807) is 0 Å². The number of rotatable bonds is 12. The fraction of sp³-hybridized carbons (Fsp3) is 0.565. The van der Waals surface area contributed by atoms with Crippen LogP contribution >= 0.6 is 24.0 Å². The predicted molar refractivity (Wildman–Crippen MR) is 136 cm³/mol. The normalized spacial score (nSPS) is 11.8. The molecule has 1 aromatic heterocycles. The number of hydrogen-bond acceptors (Lipinski definition) is 3. The molecule has 0 aliphatic heterocycles. The van der Waals surface area contributed by atoms with Gasteiger partial charge in [-0.3, -0.25) is 4.99 Å². The molecule has 1 heterocycles. The SMILES string of the molecule is CCCC(O)(CCC)CN=C(NCC)NCCc1nccn1Cc1ccccc1.I.